The molecular formula is C25H24N4O2S. The number of thiazole rings is 1. The Morgan fingerprint density at radius 1 is 0.969 bits per heavy atom. The maximum absolute atomic E-state index is 12.7. The van der Waals surface area contributed by atoms with Crippen molar-refractivity contribution < 1.29 is 4.79 Å². The van der Waals surface area contributed by atoms with Gasteiger partial charge in [0, 0.05) is 28.9 Å². The molecule has 0 atom stereocenters. The van der Waals surface area contributed by atoms with Crippen LogP contribution < -0.4 is 10.9 Å². The number of benzene rings is 1. The Labute approximate surface area is 190 Å². The van der Waals surface area contributed by atoms with E-state index in [2.05, 4.69) is 35.2 Å². The Hall–Kier alpha value is -3.58. The summed E-state index contributed by atoms with van der Waals surface area (Å²) in [7, 11) is 0. The number of aromatic nitrogens is 3. The van der Waals surface area contributed by atoms with E-state index in [1.165, 1.54) is 28.5 Å². The first-order valence-corrected chi connectivity index (χ1v) is 11.2. The van der Waals surface area contributed by atoms with Gasteiger partial charge in [-0.2, -0.15) is 0 Å². The number of anilines is 1. The molecule has 0 aliphatic heterocycles. The minimum absolute atomic E-state index is 0.227. The van der Waals surface area contributed by atoms with Crippen LogP contribution in [0.5, 0.6) is 0 Å². The maximum Gasteiger partial charge on any atom is 0.257 e. The molecule has 1 N–H and O–H groups in total. The van der Waals surface area contributed by atoms with Crippen LogP contribution in [0.3, 0.4) is 0 Å². The van der Waals surface area contributed by atoms with Crippen LogP contribution in [0.2, 0.25) is 0 Å². The summed E-state index contributed by atoms with van der Waals surface area (Å²) in [5.74, 6) is -0.366. The number of aryl methyl sites for hydroxylation is 4. The molecule has 0 unspecified atom stereocenters. The van der Waals surface area contributed by atoms with Crippen molar-refractivity contribution in [1.29, 1.82) is 0 Å². The van der Waals surface area contributed by atoms with Gasteiger partial charge in [0.15, 0.2) is 5.13 Å². The topological polar surface area (TPSA) is 76.9 Å². The number of hydrogen-bond donors (Lipinski definition) is 1. The second kappa shape index (κ2) is 8.88. The number of carbonyl (C=O) groups excluding carboxylic acids is 1. The molecule has 4 rings (SSSR count). The predicted molar refractivity (Wildman–Crippen MR) is 128 cm³/mol. The summed E-state index contributed by atoms with van der Waals surface area (Å²) in [5, 5.41) is 5.10. The van der Waals surface area contributed by atoms with Crippen LogP contribution in [-0.2, 0) is 6.54 Å². The van der Waals surface area contributed by atoms with Gasteiger partial charge < -0.3 is 4.57 Å². The molecule has 6 nitrogen and oxygen atoms in total. The molecule has 4 aromatic rings. The maximum atomic E-state index is 12.7. The van der Waals surface area contributed by atoms with Crippen molar-refractivity contribution in [2.45, 2.75) is 34.2 Å². The average Bonchev–Trinajstić information content (AvgIpc) is 3.20. The number of nitrogens with one attached hydrogen (secondary N) is 1. The largest absolute Gasteiger partial charge is 0.311 e. The smallest absolute Gasteiger partial charge is 0.257 e. The van der Waals surface area contributed by atoms with E-state index in [4.69, 9.17) is 0 Å². The molecule has 3 aromatic heterocycles. The second-order valence-corrected chi connectivity index (χ2v) is 8.82. The third-order valence-corrected chi connectivity index (χ3v) is 6.03. The van der Waals surface area contributed by atoms with Crippen LogP contribution in [0, 0.1) is 27.7 Å². The predicted octanol–water partition coefficient (Wildman–Crippen LogP) is 4.90. The lowest BCUT2D eigenvalue weighted by Crippen LogP contribution is -2.22. The summed E-state index contributed by atoms with van der Waals surface area (Å²) >= 11 is 1.32. The third kappa shape index (κ3) is 4.84. The number of nitrogens with zero attached hydrogens (tertiary/aromatic N) is 3. The van der Waals surface area contributed by atoms with Crippen molar-refractivity contribution >= 4 is 22.4 Å². The van der Waals surface area contributed by atoms with Gasteiger partial charge in [0.25, 0.3) is 11.5 Å². The van der Waals surface area contributed by atoms with Gasteiger partial charge in [0.1, 0.15) is 5.69 Å². The van der Waals surface area contributed by atoms with Crippen LogP contribution in [0.1, 0.15) is 38.3 Å². The number of carbonyl (C=O) groups is 1. The Kier molecular flexibility index (Phi) is 6.01. The molecule has 0 fully saturated rings. The van der Waals surface area contributed by atoms with Crippen LogP contribution in [-0.4, -0.2) is 20.4 Å². The molecule has 3 heterocycles. The second-order valence-electron chi connectivity index (χ2n) is 7.96. The lowest BCUT2D eigenvalue weighted by Gasteiger charge is -2.09. The summed E-state index contributed by atoms with van der Waals surface area (Å²) in [4.78, 5) is 34.2. The highest BCUT2D eigenvalue weighted by molar-refractivity contribution is 7.14. The lowest BCUT2D eigenvalue weighted by atomic mass is 10.1. The molecule has 32 heavy (non-hydrogen) atoms. The van der Waals surface area contributed by atoms with Gasteiger partial charge in [-0.05, 0) is 68.1 Å². The van der Waals surface area contributed by atoms with Crippen molar-refractivity contribution in [2.75, 3.05) is 5.32 Å². The van der Waals surface area contributed by atoms with E-state index in [1.807, 2.05) is 43.5 Å². The monoisotopic (exact) mass is 444 g/mol. The van der Waals surface area contributed by atoms with Crippen molar-refractivity contribution in [3.63, 3.8) is 0 Å². The highest BCUT2D eigenvalue weighted by atomic mass is 32.1. The molecule has 0 radical (unpaired) electrons. The van der Waals surface area contributed by atoms with Gasteiger partial charge in [0.05, 0.1) is 12.2 Å². The van der Waals surface area contributed by atoms with E-state index >= 15 is 0 Å². The zero-order valence-corrected chi connectivity index (χ0v) is 19.3. The van der Waals surface area contributed by atoms with Gasteiger partial charge in [-0.25, -0.2) is 4.98 Å². The van der Waals surface area contributed by atoms with Crippen molar-refractivity contribution in [1.82, 2.24) is 14.5 Å². The Bertz CT molecular complexity index is 1350. The third-order valence-electron chi connectivity index (χ3n) is 5.27. The standard InChI is InChI=1S/C25H24N4O2S/c1-15-9-18(4)26-21(10-15)22-14-32-25(27-22)28-24(31)20-7-8-29(23(30)12-20)13-19-6-5-16(2)17(3)11-19/h5-12,14H,13H2,1-4H3,(H,27,28,31). The molecule has 1 amide bonds. The molecule has 7 heteroatoms. The fourth-order valence-corrected chi connectivity index (χ4v) is 4.17. The SMILES string of the molecule is Cc1cc(C)nc(-c2csc(NC(=O)c3ccn(Cc4ccc(C)c(C)c4)c(=O)c3)n2)c1. The zero-order chi connectivity index (χ0) is 22.8. The number of amides is 1. The van der Waals surface area contributed by atoms with Crippen molar-refractivity contribution in [3.8, 4) is 11.4 Å². The minimum atomic E-state index is -0.366. The summed E-state index contributed by atoms with van der Waals surface area (Å²) < 4.78 is 1.59. The first-order chi connectivity index (χ1) is 15.3. The molecule has 0 aliphatic carbocycles. The van der Waals surface area contributed by atoms with E-state index in [1.54, 1.807) is 16.8 Å². The summed E-state index contributed by atoms with van der Waals surface area (Å²) in [6, 6.07) is 13.1. The van der Waals surface area contributed by atoms with Crippen molar-refractivity contribution in [3.05, 3.63) is 97.9 Å². The van der Waals surface area contributed by atoms with Gasteiger partial charge >= 0.3 is 0 Å². The number of pyridine rings is 2. The fourth-order valence-electron chi connectivity index (χ4n) is 3.47. The summed E-state index contributed by atoms with van der Waals surface area (Å²) in [5.41, 5.74) is 7.02. The van der Waals surface area contributed by atoms with E-state index in [-0.39, 0.29) is 11.5 Å². The first kappa shape index (κ1) is 21.6. The molecule has 0 saturated heterocycles. The quantitative estimate of drug-likeness (QED) is 0.475. The molecule has 0 saturated carbocycles. The average molecular weight is 445 g/mol. The highest BCUT2D eigenvalue weighted by Crippen LogP contribution is 2.25. The molecular weight excluding hydrogens is 420 g/mol. The number of hydrogen-bond acceptors (Lipinski definition) is 5. The van der Waals surface area contributed by atoms with Gasteiger partial charge in [-0.1, -0.05) is 18.2 Å². The van der Waals surface area contributed by atoms with Gasteiger partial charge in [0.2, 0.25) is 0 Å². The first-order valence-electron chi connectivity index (χ1n) is 10.3. The fraction of sp³-hybridized carbons (Fsp3) is 0.200. The van der Waals surface area contributed by atoms with E-state index in [0.717, 1.165) is 22.5 Å². The van der Waals surface area contributed by atoms with E-state index < -0.39 is 0 Å². The van der Waals surface area contributed by atoms with Gasteiger partial charge in [-0.3, -0.25) is 19.9 Å². The molecule has 0 spiro atoms. The van der Waals surface area contributed by atoms with Crippen LogP contribution >= 0.6 is 11.3 Å². The Balaban J connectivity index is 1.48. The van der Waals surface area contributed by atoms with Crippen LogP contribution in [0.25, 0.3) is 11.4 Å². The Morgan fingerprint density at radius 3 is 2.50 bits per heavy atom. The summed E-state index contributed by atoms with van der Waals surface area (Å²) in [6.07, 6.45) is 1.65. The Morgan fingerprint density at radius 2 is 1.78 bits per heavy atom. The minimum Gasteiger partial charge on any atom is -0.311 e. The zero-order valence-electron chi connectivity index (χ0n) is 18.5. The normalized spacial score (nSPS) is 10.9. The van der Waals surface area contributed by atoms with E-state index in [9.17, 15) is 9.59 Å². The van der Waals surface area contributed by atoms with E-state index in [0.29, 0.717) is 22.9 Å². The van der Waals surface area contributed by atoms with Crippen LogP contribution in [0.15, 0.2) is 58.8 Å². The molecule has 0 bridgehead atoms. The molecule has 1 aromatic carbocycles. The van der Waals surface area contributed by atoms with Crippen molar-refractivity contribution in [2.24, 2.45) is 0 Å². The highest BCUT2D eigenvalue weighted by Gasteiger charge is 2.12. The number of rotatable bonds is 5. The van der Waals surface area contributed by atoms with Crippen LogP contribution in [0.4, 0.5) is 5.13 Å². The molecule has 162 valence electrons. The van der Waals surface area contributed by atoms with Gasteiger partial charge in [-0.15, -0.1) is 11.3 Å². The summed E-state index contributed by atoms with van der Waals surface area (Å²) in [6.45, 7) is 8.52. The molecule has 0 aliphatic rings. The lowest BCUT2D eigenvalue weighted by molar-refractivity contribution is 0.102.